The van der Waals surface area contributed by atoms with Gasteiger partial charge < -0.3 is 4.74 Å². The lowest BCUT2D eigenvalue weighted by Crippen LogP contribution is -2.24. The molecule has 0 aliphatic carbocycles. The Bertz CT molecular complexity index is 112. The van der Waals surface area contributed by atoms with Gasteiger partial charge in [0.2, 0.25) is 5.24 Å². The third kappa shape index (κ3) is 2.30. The van der Waals surface area contributed by atoms with E-state index in [2.05, 4.69) is 5.32 Å². The molecule has 1 atom stereocenters. The fourth-order valence-corrected chi connectivity index (χ4v) is 0.897. The highest BCUT2D eigenvalue weighted by Gasteiger charge is 2.16. The van der Waals surface area contributed by atoms with Gasteiger partial charge in [0.15, 0.2) is 0 Å². The normalized spacial score (nSPS) is 26.6. The standard InChI is InChI=1S/C5H8ClNO2/c6-4(8)3-5-7-1-2-9-5/h5,7H,1-3H2. The summed E-state index contributed by atoms with van der Waals surface area (Å²) in [6.07, 6.45) is 0.122. The second-order valence-corrected chi connectivity index (χ2v) is 2.29. The molecule has 0 bridgehead atoms. The van der Waals surface area contributed by atoms with Crippen molar-refractivity contribution in [3.8, 4) is 0 Å². The van der Waals surface area contributed by atoms with E-state index in [1.54, 1.807) is 0 Å². The second kappa shape index (κ2) is 3.15. The summed E-state index contributed by atoms with van der Waals surface area (Å²) in [6, 6.07) is 0. The predicted octanol–water partition coefficient (Wildman–Crippen LogP) is 0.0878. The molecule has 1 N–H and O–H groups in total. The van der Waals surface area contributed by atoms with Gasteiger partial charge >= 0.3 is 0 Å². The first-order valence-electron chi connectivity index (χ1n) is 2.82. The van der Waals surface area contributed by atoms with Gasteiger partial charge in [0.05, 0.1) is 13.0 Å². The van der Waals surface area contributed by atoms with Gasteiger partial charge in [-0.15, -0.1) is 0 Å². The number of rotatable bonds is 2. The van der Waals surface area contributed by atoms with Crippen LogP contribution >= 0.6 is 11.6 Å². The zero-order valence-electron chi connectivity index (χ0n) is 4.89. The third-order valence-corrected chi connectivity index (χ3v) is 1.29. The van der Waals surface area contributed by atoms with Crippen molar-refractivity contribution in [1.82, 2.24) is 5.32 Å². The zero-order valence-corrected chi connectivity index (χ0v) is 5.65. The van der Waals surface area contributed by atoms with Crippen LogP contribution in [0.25, 0.3) is 0 Å². The first-order valence-corrected chi connectivity index (χ1v) is 3.20. The summed E-state index contributed by atoms with van der Waals surface area (Å²) >= 11 is 5.10. The van der Waals surface area contributed by atoms with Gasteiger partial charge in [-0.3, -0.25) is 10.1 Å². The van der Waals surface area contributed by atoms with Crippen LogP contribution in [0, 0.1) is 0 Å². The molecule has 1 fully saturated rings. The van der Waals surface area contributed by atoms with E-state index in [1.807, 2.05) is 0 Å². The number of halogens is 1. The molecule has 4 heteroatoms. The van der Waals surface area contributed by atoms with Crippen LogP contribution in [0.15, 0.2) is 0 Å². The maximum atomic E-state index is 10.2. The van der Waals surface area contributed by atoms with Crippen LogP contribution in [0.4, 0.5) is 0 Å². The lowest BCUT2D eigenvalue weighted by atomic mass is 10.4. The minimum absolute atomic E-state index is 0.144. The molecule has 1 aliphatic rings. The lowest BCUT2D eigenvalue weighted by Gasteiger charge is -2.03. The van der Waals surface area contributed by atoms with Crippen molar-refractivity contribution < 1.29 is 9.53 Å². The molecule has 1 heterocycles. The zero-order chi connectivity index (χ0) is 6.69. The Morgan fingerprint density at radius 3 is 3.11 bits per heavy atom. The van der Waals surface area contributed by atoms with Gasteiger partial charge in [-0.1, -0.05) is 0 Å². The average molecular weight is 150 g/mol. The van der Waals surface area contributed by atoms with Gasteiger partial charge in [-0.25, -0.2) is 0 Å². The smallest absolute Gasteiger partial charge is 0.225 e. The van der Waals surface area contributed by atoms with Crippen molar-refractivity contribution in [2.75, 3.05) is 13.2 Å². The molecule has 0 aromatic heterocycles. The van der Waals surface area contributed by atoms with E-state index < -0.39 is 0 Å². The largest absolute Gasteiger partial charge is 0.362 e. The molecule has 1 saturated heterocycles. The van der Waals surface area contributed by atoms with Crippen molar-refractivity contribution in [1.29, 1.82) is 0 Å². The molecule has 1 unspecified atom stereocenters. The maximum absolute atomic E-state index is 10.2. The van der Waals surface area contributed by atoms with Crippen LogP contribution in [0.3, 0.4) is 0 Å². The molecule has 52 valence electrons. The fraction of sp³-hybridized carbons (Fsp3) is 0.800. The molecule has 0 radical (unpaired) electrons. The molecule has 0 spiro atoms. The quantitative estimate of drug-likeness (QED) is 0.566. The number of hydrogen-bond donors (Lipinski definition) is 1. The Hall–Kier alpha value is -0.120. The van der Waals surface area contributed by atoms with E-state index in [-0.39, 0.29) is 17.9 Å². The van der Waals surface area contributed by atoms with E-state index in [9.17, 15) is 4.79 Å². The SMILES string of the molecule is O=C(Cl)CC1NCCO1. The number of hydrogen-bond acceptors (Lipinski definition) is 3. The molecule has 1 rings (SSSR count). The Balaban J connectivity index is 2.19. The molecule has 0 aromatic rings. The minimum atomic E-state index is -0.352. The van der Waals surface area contributed by atoms with Crippen molar-refractivity contribution in [2.24, 2.45) is 0 Å². The first kappa shape index (κ1) is 6.99. The first-order chi connectivity index (χ1) is 4.29. The van der Waals surface area contributed by atoms with Crippen molar-refractivity contribution in [3.05, 3.63) is 0 Å². The molecule has 3 nitrogen and oxygen atoms in total. The van der Waals surface area contributed by atoms with Gasteiger partial charge in [-0.05, 0) is 11.6 Å². The molecular weight excluding hydrogens is 142 g/mol. The highest BCUT2D eigenvalue weighted by atomic mass is 35.5. The Kier molecular flexibility index (Phi) is 2.45. The summed E-state index contributed by atoms with van der Waals surface area (Å²) in [5, 5.41) is 2.61. The fourth-order valence-electron chi connectivity index (χ4n) is 0.757. The van der Waals surface area contributed by atoms with Gasteiger partial charge in [0.25, 0.3) is 0 Å². The van der Waals surface area contributed by atoms with Gasteiger partial charge in [-0.2, -0.15) is 0 Å². The van der Waals surface area contributed by atoms with E-state index >= 15 is 0 Å². The lowest BCUT2D eigenvalue weighted by molar-refractivity contribution is -0.113. The highest BCUT2D eigenvalue weighted by molar-refractivity contribution is 6.63. The van der Waals surface area contributed by atoms with E-state index in [0.717, 1.165) is 6.54 Å². The summed E-state index contributed by atoms with van der Waals surface area (Å²) in [5.74, 6) is 0. The second-order valence-electron chi connectivity index (χ2n) is 1.87. The minimum Gasteiger partial charge on any atom is -0.362 e. The summed E-state index contributed by atoms with van der Waals surface area (Å²) in [4.78, 5) is 10.2. The van der Waals surface area contributed by atoms with Crippen molar-refractivity contribution in [2.45, 2.75) is 12.6 Å². The highest BCUT2D eigenvalue weighted by Crippen LogP contribution is 2.02. The van der Waals surface area contributed by atoms with E-state index in [1.165, 1.54) is 0 Å². The number of nitrogens with one attached hydrogen (secondary N) is 1. The van der Waals surface area contributed by atoms with E-state index in [4.69, 9.17) is 16.3 Å². The summed E-state index contributed by atoms with van der Waals surface area (Å²) in [7, 11) is 0. The summed E-state index contributed by atoms with van der Waals surface area (Å²) in [5.41, 5.74) is 0. The van der Waals surface area contributed by atoms with Crippen LogP contribution in [-0.2, 0) is 9.53 Å². The van der Waals surface area contributed by atoms with Crippen LogP contribution < -0.4 is 5.32 Å². The molecule has 9 heavy (non-hydrogen) atoms. The van der Waals surface area contributed by atoms with Gasteiger partial charge in [0, 0.05) is 6.54 Å². The van der Waals surface area contributed by atoms with Crippen LogP contribution in [-0.4, -0.2) is 24.6 Å². The molecule has 1 aliphatic heterocycles. The summed E-state index contributed by atoms with van der Waals surface area (Å²) < 4.78 is 5.05. The molecule has 0 saturated carbocycles. The van der Waals surface area contributed by atoms with Crippen LogP contribution in [0.1, 0.15) is 6.42 Å². The predicted molar refractivity (Wildman–Crippen MR) is 33.2 cm³/mol. The maximum Gasteiger partial charge on any atom is 0.225 e. The van der Waals surface area contributed by atoms with Crippen LogP contribution in [0.5, 0.6) is 0 Å². The van der Waals surface area contributed by atoms with Gasteiger partial charge in [0.1, 0.15) is 6.23 Å². The number of ether oxygens (including phenoxy) is 1. The van der Waals surface area contributed by atoms with Crippen LogP contribution in [0.2, 0.25) is 0 Å². The molecule has 0 amide bonds. The van der Waals surface area contributed by atoms with Crippen molar-refractivity contribution >= 4 is 16.8 Å². The third-order valence-electron chi connectivity index (χ3n) is 1.14. The van der Waals surface area contributed by atoms with E-state index in [0.29, 0.717) is 6.61 Å². The number of carbonyl (C=O) groups excluding carboxylic acids is 1. The Labute approximate surface area is 58.3 Å². The molecule has 0 aromatic carbocycles. The topological polar surface area (TPSA) is 38.3 Å². The van der Waals surface area contributed by atoms with Crippen molar-refractivity contribution in [3.63, 3.8) is 0 Å². The molecular formula is C5H8ClNO2. The average Bonchev–Trinajstić information content (AvgIpc) is 2.15. The number of carbonyl (C=O) groups is 1. The summed E-state index contributed by atoms with van der Waals surface area (Å²) in [6.45, 7) is 1.49. The Morgan fingerprint density at radius 2 is 2.67 bits per heavy atom. The monoisotopic (exact) mass is 149 g/mol. The Morgan fingerprint density at radius 1 is 1.89 bits per heavy atom.